The van der Waals surface area contributed by atoms with Gasteiger partial charge in [-0.3, -0.25) is 9.80 Å². The first-order valence-corrected chi connectivity index (χ1v) is 8.87. The van der Waals surface area contributed by atoms with Gasteiger partial charge in [-0.1, -0.05) is 13.3 Å². The number of nitrogens with zero attached hydrogens (tertiary/aromatic N) is 2. The third-order valence-corrected chi connectivity index (χ3v) is 6.03. The summed E-state index contributed by atoms with van der Waals surface area (Å²) in [5, 5.41) is 0. The lowest BCUT2D eigenvalue weighted by molar-refractivity contribution is -0.0416. The van der Waals surface area contributed by atoms with Crippen LogP contribution < -0.4 is 0 Å². The molecule has 116 valence electrons. The summed E-state index contributed by atoms with van der Waals surface area (Å²) in [6.07, 6.45) is 8.12. The molecule has 3 aliphatic heterocycles. The zero-order valence-electron chi connectivity index (χ0n) is 13.4. The molecule has 0 saturated carbocycles. The zero-order chi connectivity index (χ0) is 13.9. The van der Waals surface area contributed by atoms with Gasteiger partial charge >= 0.3 is 0 Å². The van der Waals surface area contributed by atoms with Gasteiger partial charge in [-0.05, 0) is 51.5 Å². The van der Waals surface area contributed by atoms with E-state index in [4.69, 9.17) is 4.74 Å². The van der Waals surface area contributed by atoms with Crippen LogP contribution in [0.15, 0.2) is 0 Å². The number of piperazine rings is 1. The standard InChI is InChI=1S/C17H32N2O/c1-3-16-12-18-9-5-4-6-17(18)13-19(16)14(2)15-7-10-20-11-8-15/h14-17H,3-13H2,1-2H3. The fourth-order valence-corrected chi connectivity index (χ4v) is 4.61. The molecule has 0 aromatic heterocycles. The highest BCUT2D eigenvalue weighted by Gasteiger charge is 2.38. The van der Waals surface area contributed by atoms with Gasteiger partial charge in [-0.25, -0.2) is 0 Å². The summed E-state index contributed by atoms with van der Waals surface area (Å²) in [5.74, 6) is 0.855. The van der Waals surface area contributed by atoms with Gasteiger partial charge in [0.2, 0.25) is 0 Å². The fraction of sp³-hybridized carbons (Fsp3) is 1.00. The SMILES string of the molecule is CCC1CN2CCCCC2CN1C(C)C1CCOCC1. The molecule has 0 aromatic rings. The normalized spacial score (nSPS) is 35.7. The smallest absolute Gasteiger partial charge is 0.0469 e. The van der Waals surface area contributed by atoms with Gasteiger partial charge < -0.3 is 4.74 Å². The van der Waals surface area contributed by atoms with Crippen LogP contribution >= 0.6 is 0 Å². The zero-order valence-corrected chi connectivity index (χ0v) is 13.4. The number of hydrogen-bond donors (Lipinski definition) is 0. The minimum Gasteiger partial charge on any atom is -0.381 e. The Kier molecular flexibility index (Phi) is 5.00. The summed E-state index contributed by atoms with van der Waals surface area (Å²) in [5.41, 5.74) is 0. The molecule has 0 N–H and O–H groups in total. The van der Waals surface area contributed by atoms with Crippen molar-refractivity contribution in [1.29, 1.82) is 0 Å². The van der Waals surface area contributed by atoms with Crippen LogP contribution in [0.4, 0.5) is 0 Å². The maximum atomic E-state index is 5.55. The Morgan fingerprint density at radius 1 is 1.10 bits per heavy atom. The molecule has 3 nitrogen and oxygen atoms in total. The maximum absolute atomic E-state index is 5.55. The van der Waals surface area contributed by atoms with Gasteiger partial charge in [0, 0.05) is 44.4 Å². The van der Waals surface area contributed by atoms with Gasteiger partial charge in [0.15, 0.2) is 0 Å². The molecule has 0 bridgehead atoms. The predicted octanol–water partition coefficient (Wildman–Crippen LogP) is 2.75. The first kappa shape index (κ1) is 14.8. The highest BCUT2D eigenvalue weighted by molar-refractivity contribution is 4.93. The first-order valence-electron chi connectivity index (χ1n) is 8.87. The van der Waals surface area contributed by atoms with E-state index in [-0.39, 0.29) is 0 Å². The van der Waals surface area contributed by atoms with E-state index < -0.39 is 0 Å². The molecule has 0 aromatic carbocycles. The fourth-order valence-electron chi connectivity index (χ4n) is 4.61. The minimum atomic E-state index is 0.743. The largest absolute Gasteiger partial charge is 0.381 e. The van der Waals surface area contributed by atoms with Crippen LogP contribution in [0.2, 0.25) is 0 Å². The van der Waals surface area contributed by atoms with Gasteiger partial charge in [0.25, 0.3) is 0 Å². The molecule has 0 aliphatic carbocycles. The summed E-state index contributed by atoms with van der Waals surface area (Å²) in [4.78, 5) is 5.65. The molecular weight excluding hydrogens is 248 g/mol. The van der Waals surface area contributed by atoms with Gasteiger partial charge in [-0.2, -0.15) is 0 Å². The minimum absolute atomic E-state index is 0.743. The quantitative estimate of drug-likeness (QED) is 0.790. The second-order valence-corrected chi connectivity index (χ2v) is 7.09. The van der Waals surface area contributed by atoms with Crippen molar-refractivity contribution < 1.29 is 4.74 Å². The Balaban J connectivity index is 1.66. The second-order valence-electron chi connectivity index (χ2n) is 7.09. The highest BCUT2D eigenvalue weighted by atomic mass is 16.5. The molecular formula is C17H32N2O. The molecule has 3 heteroatoms. The van der Waals surface area contributed by atoms with Gasteiger partial charge in [-0.15, -0.1) is 0 Å². The van der Waals surface area contributed by atoms with E-state index in [2.05, 4.69) is 23.6 Å². The number of hydrogen-bond acceptors (Lipinski definition) is 3. The first-order chi connectivity index (χ1) is 9.79. The summed E-state index contributed by atoms with van der Waals surface area (Å²) >= 11 is 0. The number of rotatable bonds is 3. The van der Waals surface area contributed by atoms with E-state index in [1.165, 1.54) is 58.2 Å². The summed E-state index contributed by atoms with van der Waals surface area (Å²) in [6.45, 7) is 10.8. The molecule has 0 spiro atoms. The lowest BCUT2D eigenvalue weighted by atomic mass is 9.88. The summed E-state index contributed by atoms with van der Waals surface area (Å²) < 4.78 is 5.55. The third kappa shape index (κ3) is 3.05. The summed E-state index contributed by atoms with van der Waals surface area (Å²) in [7, 11) is 0. The van der Waals surface area contributed by atoms with Crippen LogP contribution in [0, 0.1) is 5.92 Å². The average molecular weight is 280 g/mol. The van der Waals surface area contributed by atoms with E-state index in [0.29, 0.717) is 0 Å². The third-order valence-electron chi connectivity index (χ3n) is 6.03. The van der Waals surface area contributed by atoms with E-state index in [9.17, 15) is 0 Å². The van der Waals surface area contributed by atoms with E-state index in [0.717, 1.165) is 37.3 Å². The molecule has 3 aliphatic rings. The van der Waals surface area contributed by atoms with Crippen molar-refractivity contribution >= 4 is 0 Å². The Morgan fingerprint density at radius 3 is 2.65 bits per heavy atom. The Labute approximate surface area is 124 Å². The monoisotopic (exact) mass is 280 g/mol. The average Bonchev–Trinajstić information content (AvgIpc) is 2.53. The topological polar surface area (TPSA) is 15.7 Å². The van der Waals surface area contributed by atoms with E-state index in [1.807, 2.05) is 0 Å². The van der Waals surface area contributed by atoms with Crippen LogP contribution in [-0.2, 0) is 4.74 Å². The highest BCUT2D eigenvalue weighted by Crippen LogP contribution is 2.31. The van der Waals surface area contributed by atoms with Crippen molar-refractivity contribution in [3.05, 3.63) is 0 Å². The van der Waals surface area contributed by atoms with Crippen molar-refractivity contribution in [1.82, 2.24) is 9.80 Å². The number of fused-ring (bicyclic) bond motifs is 1. The van der Waals surface area contributed by atoms with Crippen LogP contribution in [0.25, 0.3) is 0 Å². The predicted molar refractivity (Wildman–Crippen MR) is 83.0 cm³/mol. The van der Waals surface area contributed by atoms with Crippen molar-refractivity contribution in [3.63, 3.8) is 0 Å². The van der Waals surface area contributed by atoms with Crippen molar-refractivity contribution in [2.24, 2.45) is 5.92 Å². The lowest BCUT2D eigenvalue weighted by Gasteiger charge is -2.52. The molecule has 20 heavy (non-hydrogen) atoms. The maximum Gasteiger partial charge on any atom is 0.0469 e. The van der Waals surface area contributed by atoms with E-state index >= 15 is 0 Å². The number of ether oxygens (including phenoxy) is 1. The van der Waals surface area contributed by atoms with Crippen LogP contribution in [0.1, 0.15) is 52.4 Å². The Hall–Kier alpha value is -0.120. The van der Waals surface area contributed by atoms with Crippen LogP contribution in [0.3, 0.4) is 0 Å². The molecule has 0 amide bonds. The second kappa shape index (κ2) is 6.76. The Bertz CT molecular complexity index is 301. The molecule has 3 saturated heterocycles. The molecule has 3 fully saturated rings. The molecule has 3 atom stereocenters. The van der Waals surface area contributed by atoms with Crippen LogP contribution in [0.5, 0.6) is 0 Å². The lowest BCUT2D eigenvalue weighted by Crippen LogP contribution is -2.62. The Morgan fingerprint density at radius 2 is 1.90 bits per heavy atom. The van der Waals surface area contributed by atoms with Gasteiger partial charge in [0.05, 0.1) is 0 Å². The number of piperidine rings is 1. The van der Waals surface area contributed by atoms with Crippen molar-refractivity contribution in [3.8, 4) is 0 Å². The molecule has 3 heterocycles. The van der Waals surface area contributed by atoms with Crippen LogP contribution in [-0.4, -0.2) is 60.8 Å². The molecule has 3 unspecified atom stereocenters. The van der Waals surface area contributed by atoms with E-state index in [1.54, 1.807) is 0 Å². The van der Waals surface area contributed by atoms with Gasteiger partial charge in [0.1, 0.15) is 0 Å². The van der Waals surface area contributed by atoms with Crippen molar-refractivity contribution in [2.75, 3.05) is 32.8 Å². The van der Waals surface area contributed by atoms with Crippen molar-refractivity contribution in [2.45, 2.75) is 70.5 Å². The molecule has 3 rings (SSSR count). The summed E-state index contributed by atoms with van der Waals surface area (Å²) in [6, 6.07) is 2.36. The molecule has 0 radical (unpaired) electrons.